The second-order valence-electron chi connectivity index (χ2n) is 10.2. The van der Waals surface area contributed by atoms with Crippen LogP contribution in [-0.4, -0.2) is 34.4 Å². The third kappa shape index (κ3) is 7.78. The molecule has 1 aliphatic carbocycles. The zero-order chi connectivity index (χ0) is 29.6. The summed E-state index contributed by atoms with van der Waals surface area (Å²) in [6.45, 7) is 2.38. The van der Waals surface area contributed by atoms with Gasteiger partial charge in [-0.3, -0.25) is 10.1 Å². The minimum atomic E-state index is -4.45. The first-order valence-corrected chi connectivity index (χ1v) is 13.3. The molecule has 0 saturated carbocycles. The van der Waals surface area contributed by atoms with Gasteiger partial charge in [0.05, 0.1) is 39.3 Å². The molecule has 7 nitrogen and oxygen atoms in total. The lowest BCUT2D eigenvalue weighted by atomic mass is 9.96. The Morgan fingerprint density at radius 2 is 1.85 bits per heavy atom. The van der Waals surface area contributed by atoms with Crippen molar-refractivity contribution < 1.29 is 27.8 Å². The van der Waals surface area contributed by atoms with Crippen molar-refractivity contribution in [3.8, 4) is 17.3 Å². The number of rotatable bonds is 11. The lowest BCUT2D eigenvalue weighted by Gasteiger charge is -2.25. The van der Waals surface area contributed by atoms with Crippen molar-refractivity contribution >= 4 is 18.1 Å². The van der Waals surface area contributed by atoms with Gasteiger partial charge in [-0.15, -0.1) is 0 Å². The number of alkyl halides is 3. The van der Waals surface area contributed by atoms with Gasteiger partial charge in [0.2, 0.25) is 0 Å². The molecular formula is C31H31F3N4O3. The number of methoxy groups -OCH3 is 1. The van der Waals surface area contributed by atoms with Crippen LogP contribution in [0.25, 0.3) is 23.4 Å². The van der Waals surface area contributed by atoms with E-state index < -0.39 is 17.7 Å². The van der Waals surface area contributed by atoms with E-state index in [9.17, 15) is 18.0 Å². The number of hydrogen-bond donors (Lipinski definition) is 2. The van der Waals surface area contributed by atoms with Crippen LogP contribution in [0.5, 0.6) is 0 Å². The number of carboxylic acid groups (broad SMARTS) is 1. The molecule has 214 valence electrons. The van der Waals surface area contributed by atoms with Gasteiger partial charge in [0.1, 0.15) is 6.23 Å². The number of nitrogens with zero attached hydrogens (tertiary/aromatic N) is 3. The largest absolute Gasteiger partial charge is 0.481 e. The summed E-state index contributed by atoms with van der Waals surface area (Å²) in [5, 5.41) is 22.8. The summed E-state index contributed by atoms with van der Waals surface area (Å²) in [6, 6.07) is 14.2. The van der Waals surface area contributed by atoms with Crippen LogP contribution in [0.2, 0.25) is 0 Å². The van der Waals surface area contributed by atoms with Gasteiger partial charge >= 0.3 is 12.1 Å². The highest BCUT2D eigenvalue weighted by Gasteiger charge is 2.30. The highest BCUT2D eigenvalue weighted by Crippen LogP contribution is 2.31. The molecule has 0 fully saturated rings. The van der Waals surface area contributed by atoms with Gasteiger partial charge in [0.25, 0.3) is 0 Å². The Balaban J connectivity index is 1.62. The molecular weight excluding hydrogens is 533 g/mol. The number of fused-ring (bicyclic) bond motifs is 1. The molecule has 0 saturated heterocycles. The van der Waals surface area contributed by atoms with Crippen LogP contribution >= 0.6 is 0 Å². The summed E-state index contributed by atoms with van der Waals surface area (Å²) in [6.07, 6.45) is 0.750. The molecule has 41 heavy (non-hydrogen) atoms. The van der Waals surface area contributed by atoms with E-state index in [4.69, 9.17) is 25.1 Å². The molecule has 10 heteroatoms. The Bertz CT molecular complexity index is 1530. The molecule has 1 aliphatic rings. The molecule has 1 aromatic heterocycles. The quantitative estimate of drug-likeness (QED) is 0.332. The van der Waals surface area contributed by atoms with Crippen LogP contribution in [0.3, 0.4) is 0 Å². The maximum atomic E-state index is 13.1. The Morgan fingerprint density at radius 3 is 2.46 bits per heavy atom. The van der Waals surface area contributed by atoms with Gasteiger partial charge in [-0.05, 0) is 61.1 Å². The van der Waals surface area contributed by atoms with Crippen molar-refractivity contribution in [3.05, 3.63) is 81.6 Å². The minimum Gasteiger partial charge on any atom is -0.481 e. The predicted octanol–water partition coefficient (Wildman–Crippen LogP) is 4.42. The normalized spacial score (nSPS) is 16.0. The minimum absolute atomic E-state index is 0.0103. The highest BCUT2D eigenvalue weighted by molar-refractivity contribution is 5.67. The number of aliphatic carboxylic acids is 1. The molecule has 3 atom stereocenters. The molecule has 0 bridgehead atoms. The zero-order valence-electron chi connectivity index (χ0n) is 22.8. The number of nitrogens with one attached hydrogen (secondary N) is 1. The van der Waals surface area contributed by atoms with Gasteiger partial charge in [0, 0.05) is 31.6 Å². The molecule has 1 heterocycles. The fourth-order valence-electron chi connectivity index (χ4n) is 4.83. The summed E-state index contributed by atoms with van der Waals surface area (Å²) >= 11 is 0. The van der Waals surface area contributed by atoms with Crippen LogP contribution in [-0.2, 0) is 28.7 Å². The summed E-state index contributed by atoms with van der Waals surface area (Å²) in [4.78, 5) is 20.8. The second kappa shape index (κ2) is 13.1. The van der Waals surface area contributed by atoms with Crippen molar-refractivity contribution in [2.75, 3.05) is 7.11 Å². The summed E-state index contributed by atoms with van der Waals surface area (Å²) < 4.78 is 45.2. The average Bonchev–Trinajstić information content (AvgIpc) is 2.95. The molecule has 0 spiro atoms. The van der Waals surface area contributed by atoms with Crippen LogP contribution in [0.4, 0.5) is 13.2 Å². The molecule has 0 radical (unpaired) electrons. The third-order valence-corrected chi connectivity index (χ3v) is 7.09. The van der Waals surface area contributed by atoms with Crippen LogP contribution in [0.15, 0.2) is 48.5 Å². The highest BCUT2D eigenvalue weighted by atomic mass is 19.4. The Morgan fingerprint density at radius 1 is 1.15 bits per heavy atom. The Hall–Kier alpha value is -4.07. The zero-order valence-corrected chi connectivity index (χ0v) is 22.8. The molecule has 4 rings (SSSR count). The average molecular weight is 565 g/mol. The standard InChI is InChI=1S/C31H31F3N4O3/c1-19(15-28(39)40)3-13-26-29(22-8-11-24(12-9-22)31(32,33)34)38-25-14-10-23(16-27(25)37-26)30(41-2)36-18-21-6-4-20(17-35)5-7-21/h4-9,11-12,14,16,19,23,30,36H,3,10,13,15,18H2,1-2H3,(H,39,40). The van der Waals surface area contributed by atoms with Gasteiger partial charge < -0.3 is 9.84 Å². The van der Waals surface area contributed by atoms with Crippen molar-refractivity contribution in [1.82, 2.24) is 15.3 Å². The second-order valence-corrected chi connectivity index (χ2v) is 10.2. The van der Waals surface area contributed by atoms with E-state index in [0.717, 1.165) is 17.7 Å². The number of carbonyl (C=O) groups is 1. The molecule has 2 N–H and O–H groups in total. The number of halogens is 3. The molecule has 2 aromatic carbocycles. The third-order valence-electron chi connectivity index (χ3n) is 7.09. The van der Waals surface area contributed by atoms with Crippen molar-refractivity contribution in [1.29, 1.82) is 5.26 Å². The number of aromatic nitrogens is 2. The van der Waals surface area contributed by atoms with E-state index in [0.29, 0.717) is 59.0 Å². The number of hydrogen-bond acceptors (Lipinski definition) is 6. The van der Waals surface area contributed by atoms with Crippen LogP contribution < -0.4 is 16.0 Å². The fourth-order valence-corrected chi connectivity index (χ4v) is 4.83. The molecule has 0 amide bonds. The van der Waals surface area contributed by atoms with Gasteiger partial charge in [-0.1, -0.05) is 37.3 Å². The van der Waals surface area contributed by atoms with Gasteiger partial charge in [-0.2, -0.15) is 18.4 Å². The van der Waals surface area contributed by atoms with Crippen molar-refractivity contribution in [2.45, 2.75) is 51.6 Å². The SMILES string of the molecule is COC(NCc1ccc(C#N)cc1)C1C=c2nc(CCC(C)CC(=O)O)c(-c3ccc(C(F)(F)F)cc3)nc2=CC1. The fraction of sp³-hybridized carbons (Fsp3) is 0.355. The topological polar surface area (TPSA) is 108 Å². The van der Waals surface area contributed by atoms with Crippen molar-refractivity contribution in [3.63, 3.8) is 0 Å². The van der Waals surface area contributed by atoms with Crippen molar-refractivity contribution in [2.24, 2.45) is 11.8 Å². The van der Waals surface area contributed by atoms with E-state index in [2.05, 4.69) is 11.4 Å². The first-order chi connectivity index (χ1) is 19.6. The molecule has 3 unspecified atom stereocenters. The molecule has 0 aliphatic heterocycles. The number of benzene rings is 2. The smallest absolute Gasteiger partial charge is 0.416 e. The maximum absolute atomic E-state index is 13.1. The van der Waals surface area contributed by atoms with E-state index in [1.807, 2.05) is 31.2 Å². The summed E-state index contributed by atoms with van der Waals surface area (Å²) in [5.41, 5.74) is 2.46. The predicted molar refractivity (Wildman–Crippen MR) is 147 cm³/mol. The molecule has 3 aromatic rings. The van der Waals surface area contributed by atoms with Crippen LogP contribution in [0, 0.1) is 23.2 Å². The van der Waals surface area contributed by atoms with E-state index in [1.165, 1.54) is 12.1 Å². The van der Waals surface area contributed by atoms with Crippen LogP contribution in [0.1, 0.15) is 48.6 Å². The number of aryl methyl sites for hydroxylation is 1. The first kappa shape index (κ1) is 29.9. The Kier molecular flexibility index (Phi) is 9.53. The number of nitriles is 1. The Labute approximate surface area is 236 Å². The maximum Gasteiger partial charge on any atom is 0.416 e. The van der Waals surface area contributed by atoms with E-state index in [-0.39, 0.29) is 24.5 Å². The van der Waals surface area contributed by atoms with Gasteiger partial charge in [0.15, 0.2) is 0 Å². The monoisotopic (exact) mass is 564 g/mol. The lowest BCUT2D eigenvalue weighted by Crippen LogP contribution is -2.43. The van der Waals surface area contributed by atoms with Gasteiger partial charge in [-0.25, -0.2) is 9.97 Å². The number of carboxylic acids is 1. The number of ether oxygens (including phenoxy) is 1. The van der Waals surface area contributed by atoms with E-state index in [1.54, 1.807) is 19.2 Å². The summed E-state index contributed by atoms with van der Waals surface area (Å²) in [7, 11) is 1.62. The lowest BCUT2D eigenvalue weighted by molar-refractivity contribution is -0.138. The van der Waals surface area contributed by atoms with E-state index >= 15 is 0 Å². The summed E-state index contributed by atoms with van der Waals surface area (Å²) in [5.74, 6) is -1.06. The first-order valence-electron chi connectivity index (χ1n) is 13.3.